The molecule has 1 atom stereocenters. The quantitative estimate of drug-likeness (QED) is 0.605. The van der Waals surface area contributed by atoms with Gasteiger partial charge in [0.15, 0.2) is 0 Å². The average molecular weight is 430 g/mol. The summed E-state index contributed by atoms with van der Waals surface area (Å²) in [6, 6.07) is 2.74. The third kappa shape index (κ3) is 4.42. The normalized spacial score (nSPS) is 13.7. The molecule has 20 heavy (non-hydrogen) atoms. The molecule has 0 saturated heterocycles. The van der Waals surface area contributed by atoms with Crippen molar-refractivity contribution in [2.24, 2.45) is 5.92 Å². The van der Waals surface area contributed by atoms with Crippen molar-refractivity contribution >= 4 is 47.6 Å². The lowest BCUT2D eigenvalue weighted by Gasteiger charge is -2.22. The van der Waals surface area contributed by atoms with Crippen LogP contribution in [0.2, 0.25) is 0 Å². The molecule has 0 aliphatic carbocycles. The van der Waals surface area contributed by atoms with Gasteiger partial charge in [-0.2, -0.15) is 0 Å². The topological polar surface area (TPSA) is 92.4 Å². The minimum absolute atomic E-state index is 0.0725. The van der Waals surface area contributed by atoms with Crippen molar-refractivity contribution in [2.75, 3.05) is 12.3 Å². The van der Waals surface area contributed by atoms with E-state index in [1.165, 1.54) is 12.1 Å². The van der Waals surface area contributed by atoms with E-state index in [9.17, 15) is 8.42 Å². The SMILES string of the molecule is CC(C)C(CCO)NS(=O)(=O)c1c(Br)cc(N)cc1Br. The van der Waals surface area contributed by atoms with Gasteiger partial charge in [0, 0.05) is 27.3 Å². The molecule has 0 spiro atoms. The van der Waals surface area contributed by atoms with Crippen LogP contribution in [0.3, 0.4) is 0 Å². The molecule has 1 unspecified atom stereocenters. The van der Waals surface area contributed by atoms with Crippen LogP contribution in [0, 0.1) is 5.92 Å². The first kappa shape index (κ1) is 17.9. The highest BCUT2D eigenvalue weighted by Gasteiger charge is 2.26. The van der Waals surface area contributed by atoms with Crippen LogP contribution in [0.25, 0.3) is 0 Å². The number of rotatable bonds is 6. The van der Waals surface area contributed by atoms with E-state index in [0.717, 1.165) is 0 Å². The van der Waals surface area contributed by atoms with E-state index >= 15 is 0 Å². The predicted octanol–water partition coefficient (Wildman–Crippen LogP) is 2.48. The third-order valence-electron chi connectivity index (χ3n) is 2.84. The first-order valence-corrected chi connectivity index (χ1v) is 9.13. The minimum Gasteiger partial charge on any atom is -0.399 e. The maximum atomic E-state index is 12.5. The van der Waals surface area contributed by atoms with Crippen LogP contribution >= 0.6 is 31.9 Å². The average Bonchev–Trinajstić information content (AvgIpc) is 2.25. The Morgan fingerprint density at radius 1 is 1.30 bits per heavy atom. The lowest BCUT2D eigenvalue weighted by molar-refractivity contribution is 0.256. The molecule has 0 amide bonds. The summed E-state index contributed by atoms with van der Waals surface area (Å²) >= 11 is 6.44. The summed E-state index contributed by atoms with van der Waals surface area (Å²) in [6.45, 7) is 3.72. The van der Waals surface area contributed by atoms with Crippen LogP contribution in [-0.2, 0) is 10.0 Å². The fraction of sp³-hybridized carbons (Fsp3) is 0.500. The van der Waals surface area contributed by atoms with Gasteiger partial charge in [-0.3, -0.25) is 0 Å². The maximum absolute atomic E-state index is 12.5. The summed E-state index contributed by atoms with van der Waals surface area (Å²) in [5.41, 5.74) is 6.12. The number of aliphatic hydroxyl groups is 1. The highest BCUT2D eigenvalue weighted by Crippen LogP contribution is 2.32. The molecule has 0 radical (unpaired) electrons. The molecule has 0 aliphatic heterocycles. The first-order valence-electron chi connectivity index (χ1n) is 6.06. The molecular weight excluding hydrogens is 412 g/mol. The van der Waals surface area contributed by atoms with Crippen molar-refractivity contribution in [1.29, 1.82) is 0 Å². The van der Waals surface area contributed by atoms with E-state index in [1.807, 2.05) is 13.8 Å². The Morgan fingerprint density at radius 3 is 2.20 bits per heavy atom. The van der Waals surface area contributed by atoms with E-state index in [0.29, 0.717) is 21.1 Å². The van der Waals surface area contributed by atoms with Gasteiger partial charge in [0.2, 0.25) is 10.0 Å². The molecule has 0 heterocycles. The van der Waals surface area contributed by atoms with Gasteiger partial charge in [-0.15, -0.1) is 0 Å². The molecule has 114 valence electrons. The maximum Gasteiger partial charge on any atom is 0.243 e. The number of aliphatic hydroxyl groups excluding tert-OH is 1. The van der Waals surface area contributed by atoms with Crippen LogP contribution in [0.15, 0.2) is 26.0 Å². The lowest BCUT2D eigenvalue weighted by atomic mass is 10.0. The molecule has 1 aromatic carbocycles. The zero-order valence-corrected chi connectivity index (χ0v) is 15.2. The number of anilines is 1. The highest BCUT2D eigenvalue weighted by atomic mass is 79.9. The Morgan fingerprint density at radius 2 is 1.80 bits per heavy atom. The highest BCUT2D eigenvalue weighted by molar-refractivity contribution is 9.11. The van der Waals surface area contributed by atoms with Crippen LogP contribution in [0.4, 0.5) is 5.69 Å². The minimum atomic E-state index is -3.72. The Kier molecular flexibility index (Phi) is 6.46. The van der Waals surface area contributed by atoms with Gasteiger partial charge in [0.05, 0.1) is 0 Å². The van der Waals surface area contributed by atoms with Gasteiger partial charge in [-0.05, 0) is 56.3 Å². The Hall–Kier alpha value is -0.150. The molecule has 1 aromatic rings. The summed E-state index contributed by atoms with van der Waals surface area (Å²) < 4.78 is 28.4. The van der Waals surface area contributed by atoms with E-state index < -0.39 is 10.0 Å². The molecule has 5 nitrogen and oxygen atoms in total. The van der Waals surface area contributed by atoms with Gasteiger partial charge < -0.3 is 10.8 Å². The van der Waals surface area contributed by atoms with E-state index in [2.05, 4.69) is 36.6 Å². The number of hydrogen-bond acceptors (Lipinski definition) is 4. The second-order valence-corrected chi connectivity index (χ2v) is 8.16. The summed E-state index contributed by atoms with van der Waals surface area (Å²) in [7, 11) is -3.72. The zero-order chi connectivity index (χ0) is 15.5. The van der Waals surface area contributed by atoms with Crippen molar-refractivity contribution in [3.8, 4) is 0 Å². The molecule has 0 aliphatic rings. The van der Waals surface area contributed by atoms with Gasteiger partial charge in [-0.1, -0.05) is 13.8 Å². The van der Waals surface area contributed by atoms with Crippen molar-refractivity contribution in [1.82, 2.24) is 4.72 Å². The number of nitrogen functional groups attached to an aromatic ring is 1. The van der Waals surface area contributed by atoms with Crippen LogP contribution < -0.4 is 10.5 Å². The largest absolute Gasteiger partial charge is 0.399 e. The molecule has 0 bridgehead atoms. The lowest BCUT2D eigenvalue weighted by Crippen LogP contribution is -2.39. The molecule has 0 fully saturated rings. The second kappa shape index (κ2) is 7.22. The summed E-state index contributed by atoms with van der Waals surface area (Å²) in [5.74, 6) is 0.0725. The fourth-order valence-corrected chi connectivity index (χ4v) is 5.80. The fourth-order valence-electron chi connectivity index (χ4n) is 1.76. The van der Waals surface area contributed by atoms with E-state index in [4.69, 9.17) is 10.8 Å². The van der Waals surface area contributed by atoms with Crippen molar-refractivity contribution in [3.05, 3.63) is 21.1 Å². The third-order valence-corrected chi connectivity index (χ3v) is 6.21. The molecule has 1 rings (SSSR count). The molecule has 0 saturated carbocycles. The number of halogens is 2. The van der Waals surface area contributed by atoms with Crippen LogP contribution in [0.1, 0.15) is 20.3 Å². The van der Waals surface area contributed by atoms with Crippen molar-refractivity contribution < 1.29 is 13.5 Å². The van der Waals surface area contributed by atoms with E-state index in [-0.39, 0.29) is 23.5 Å². The molecule has 4 N–H and O–H groups in total. The number of nitrogens with two attached hydrogens (primary N) is 1. The smallest absolute Gasteiger partial charge is 0.243 e. The number of nitrogens with one attached hydrogen (secondary N) is 1. The zero-order valence-electron chi connectivity index (χ0n) is 11.2. The monoisotopic (exact) mass is 428 g/mol. The van der Waals surface area contributed by atoms with Crippen LogP contribution in [-0.4, -0.2) is 26.2 Å². The van der Waals surface area contributed by atoms with Gasteiger partial charge in [0.1, 0.15) is 4.90 Å². The first-order chi connectivity index (χ1) is 9.19. The Balaban J connectivity index is 3.17. The van der Waals surface area contributed by atoms with Crippen LogP contribution in [0.5, 0.6) is 0 Å². The van der Waals surface area contributed by atoms with Crippen molar-refractivity contribution in [3.63, 3.8) is 0 Å². The second-order valence-electron chi connectivity index (χ2n) is 4.80. The number of sulfonamides is 1. The van der Waals surface area contributed by atoms with Crippen molar-refractivity contribution in [2.45, 2.75) is 31.2 Å². The Bertz CT molecular complexity index is 553. The number of hydrogen-bond donors (Lipinski definition) is 3. The molecule has 0 aromatic heterocycles. The number of benzene rings is 1. The standard InChI is InChI=1S/C12H18Br2N2O3S/c1-7(2)11(3-4-17)16-20(18,19)12-9(13)5-8(15)6-10(12)14/h5-7,11,16-17H,3-4,15H2,1-2H3. The summed E-state index contributed by atoms with van der Waals surface area (Å²) in [5, 5.41) is 9.03. The van der Waals surface area contributed by atoms with Gasteiger partial charge in [0.25, 0.3) is 0 Å². The van der Waals surface area contributed by atoms with Gasteiger partial charge >= 0.3 is 0 Å². The summed E-state index contributed by atoms with van der Waals surface area (Å²) in [4.78, 5) is 0.107. The molecule has 8 heteroatoms. The van der Waals surface area contributed by atoms with E-state index in [1.54, 1.807) is 0 Å². The summed E-state index contributed by atoms with van der Waals surface area (Å²) in [6.07, 6.45) is 0.362. The van der Waals surface area contributed by atoms with Gasteiger partial charge in [-0.25, -0.2) is 13.1 Å². The predicted molar refractivity (Wildman–Crippen MR) is 86.9 cm³/mol. The Labute approximate surface area is 136 Å². The molecular formula is C12H18Br2N2O3S.